The van der Waals surface area contributed by atoms with E-state index in [9.17, 15) is 4.79 Å². The number of nitrogens with one attached hydrogen (secondary N) is 1. The van der Waals surface area contributed by atoms with Gasteiger partial charge in [-0.15, -0.1) is 0 Å². The highest BCUT2D eigenvalue weighted by atomic mass is 16.1. The standard InChI is InChI=1S/C24H33N3O/c1-24(2,3)21-9-7-20(8-10-21)23(28)25-14-13-19-5-11-22(12-6-19)27-17-15-26(4)16-18-27/h5-12H,13-18H2,1-4H3,(H,25,28). The van der Waals surface area contributed by atoms with Crippen LogP contribution in [0.2, 0.25) is 0 Å². The van der Waals surface area contributed by atoms with Crippen molar-refractivity contribution in [3.8, 4) is 0 Å². The SMILES string of the molecule is CN1CCN(c2ccc(CCNC(=O)c3ccc(C(C)(C)C)cc3)cc2)CC1. The van der Waals surface area contributed by atoms with E-state index in [-0.39, 0.29) is 11.3 Å². The first-order valence-electron chi connectivity index (χ1n) is 10.2. The normalized spacial score (nSPS) is 15.5. The molecular weight excluding hydrogens is 346 g/mol. The van der Waals surface area contributed by atoms with Crippen molar-refractivity contribution in [3.05, 3.63) is 65.2 Å². The molecule has 28 heavy (non-hydrogen) atoms. The topological polar surface area (TPSA) is 35.6 Å². The van der Waals surface area contributed by atoms with Crippen molar-refractivity contribution in [2.45, 2.75) is 32.6 Å². The quantitative estimate of drug-likeness (QED) is 0.860. The van der Waals surface area contributed by atoms with Gasteiger partial charge in [0.1, 0.15) is 0 Å². The van der Waals surface area contributed by atoms with E-state index in [1.807, 2.05) is 24.3 Å². The Bertz CT molecular complexity index is 767. The largest absolute Gasteiger partial charge is 0.369 e. The van der Waals surface area contributed by atoms with Crippen molar-refractivity contribution in [2.24, 2.45) is 0 Å². The minimum absolute atomic E-state index is 0.00508. The van der Waals surface area contributed by atoms with Crippen LogP contribution in [-0.2, 0) is 11.8 Å². The number of rotatable bonds is 5. The fourth-order valence-electron chi connectivity index (χ4n) is 3.48. The molecule has 0 spiro atoms. The van der Waals surface area contributed by atoms with Gasteiger partial charge in [0, 0.05) is 44.0 Å². The summed E-state index contributed by atoms with van der Waals surface area (Å²) >= 11 is 0. The lowest BCUT2D eigenvalue weighted by atomic mass is 9.87. The number of hydrogen-bond donors (Lipinski definition) is 1. The summed E-state index contributed by atoms with van der Waals surface area (Å²) in [5.41, 5.74) is 4.61. The molecule has 1 N–H and O–H groups in total. The van der Waals surface area contributed by atoms with Gasteiger partial charge in [0.15, 0.2) is 0 Å². The van der Waals surface area contributed by atoms with E-state index >= 15 is 0 Å². The minimum atomic E-state index is -0.00508. The average Bonchev–Trinajstić information content (AvgIpc) is 2.68. The molecule has 2 aromatic rings. The summed E-state index contributed by atoms with van der Waals surface area (Å²) in [6, 6.07) is 16.7. The first-order chi connectivity index (χ1) is 13.3. The third-order valence-electron chi connectivity index (χ3n) is 5.52. The third-order valence-corrected chi connectivity index (χ3v) is 5.52. The fraction of sp³-hybridized carbons (Fsp3) is 0.458. The molecule has 0 unspecified atom stereocenters. The summed E-state index contributed by atoms with van der Waals surface area (Å²) in [6.07, 6.45) is 0.842. The molecule has 2 aromatic carbocycles. The van der Waals surface area contributed by atoms with Crippen LogP contribution in [-0.4, -0.2) is 50.6 Å². The summed E-state index contributed by atoms with van der Waals surface area (Å²) in [5.74, 6) is -0.00508. The molecule has 0 aromatic heterocycles. The zero-order valence-corrected chi connectivity index (χ0v) is 17.7. The molecule has 0 aliphatic carbocycles. The highest BCUT2D eigenvalue weighted by Crippen LogP contribution is 2.22. The number of carbonyl (C=O) groups is 1. The summed E-state index contributed by atoms with van der Waals surface area (Å²) in [6.45, 7) is 11.6. The molecule has 1 aliphatic heterocycles. The molecule has 3 rings (SSSR count). The molecule has 0 radical (unpaired) electrons. The van der Waals surface area contributed by atoms with Gasteiger partial charge in [0.2, 0.25) is 0 Å². The maximum Gasteiger partial charge on any atom is 0.251 e. The first kappa shape index (κ1) is 20.4. The van der Waals surface area contributed by atoms with Gasteiger partial charge in [-0.2, -0.15) is 0 Å². The van der Waals surface area contributed by atoms with E-state index in [1.54, 1.807) is 0 Å². The Kier molecular flexibility index (Phi) is 6.40. The Morgan fingerprint density at radius 1 is 0.929 bits per heavy atom. The summed E-state index contributed by atoms with van der Waals surface area (Å²) in [7, 11) is 2.17. The van der Waals surface area contributed by atoms with Gasteiger partial charge in [-0.3, -0.25) is 4.79 Å². The number of amides is 1. The first-order valence-corrected chi connectivity index (χ1v) is 10.2. The lowest BCUT2D eigenvalue weighted by Crippen LogP contribution is -2.44. The number of piperazine rings is 1. The van der Waals surface area contributed by atoms with E-state index in [4.69, 9.17) is 0 Å². The second-order valence-corrected chi connectivity index (χ2v) is 8.79. The van der Waals surface area contributed by atoms with Crippen LogP contribution in [0.25, 0.3) is 0 Å². The molecule has 0 atom stereocenters. The second kappa shape index (κ2) is 8.78. The summed E-state index contributed by atoms with van der Waals surface area (Å²) in [4.78, 5) is 17.2. The van der Waals surface area contributed by atoms with Crippen LogP contribution < -0.4 is 10.2 Å². The van der Waals surface area contributed by atoms with Crippen molar-refractivity contribution in [2.75, 3.05) is 44.7 Å². The predicted molar refractivity (Wildman–Crippen MR) is 117 cm³/mol. The van der Waals surface area contributed by atoms with Gasteiger partial charge >= 0.3 is 0 Å². The van der Waals surface area contributed by atoms with Gasteiger partial charge < -0.3 is 15.1 Å². The molecule has 1 aliphatic rings. The van der Waals surface area contributed by atoms with Crippen LogP contribution in [0.5, 0.6) is 0 Å². The van der Waals surface area contributed by atoms with E-state index in [0.717, 1.165) is 38.2 Å². The van der Waals surface area contributed by atoms with Gasteiger partial charge in [0.25, 0.3) is 5.91 Å². The molecule has 4 nitrogen and oxygen atoms in total. The van der Waals surface area contributed by atoms with Crippen LogP contribution in [0.15, 0.2) is 48.5 Å². The Labute approximate surface area is 169 Å². The second-order valence-electron chi connectivity index (χ2n) is 8.79. The lowest BCUT2D eigenvalue weighted by molar-refractivity contribution is 0.0954. The van der Waals surface area contributed by atoms with E-state index in [0.29, 0.717) is 6.54 Å². The van der Waals surface area contributed by atoms with Crippen LogP contribution in [0, 0.1) is 0 Å². The Morgan fingerprint density at radius 3 is 2.11 bits per heavy atom. The van der Waals surface area contributed by atoms with Crippen molar-refractivity contribution < 1.29 is 4.79 Å². The number of carbonyl (C=O) groups excluding carboxylic acids is 1. The molecule has 1 saturated heterocycles. The molecular formula is C24H33N3O. The van der Waals surface area contributed by atoms with Crippen LogP contribution in [0.1, 0.15) is 42.3 Å². The van der Waals surface area contributed by atoms with E-state index in [2.05, 4.69) is 67.2 Å². The highest BCUT2D eigenvalue weighted by Gasteiger charge is 2.15. The number of anilines is 1. The van der Waals surface area contributed by atoms with Crippen molar-refractivity contribution >= 4 is 11.6 Å². The summed E-state index contributed by atoms with van der Waals surface area (Å²) < 4.78 is 0. The number of hydrogen-bond acceptors (Lipinski definition) is 3. The Hall–Kier alpha value is -2.33. The number of nitrogens with zero attached hydrogens (tertiary/aromatic N) is 2. The van der Waals surface area contributed by atoms with Crippen molar-refractivity contribution in [1.82, 2.24) is 10.2 Å². The summed E-state index contributed by atoms with van der Waals surface area (Å²) in [5, 5.41) is 3.03. The minimum Gasteiger partial charge on any atom is -0.369 e. The smallest absolute Gasteiger partial charge is 0.251 e. The molecule has 1 amide bonds. The van der Waals surface area contributed by atoms with E-state index < -0.39 is 0 Å². The molecule has 0 saturated carbocycles. The van der Waals surface area contributed by atoms with Crippen molar-refractivity contribution in [3.63, 3.8) is 0 Å². The highest BCUT2D eigenvalue weighted by molar-refractivity contribution is 5.94. The van der Waals surface area contributed by atoms with Gasteiger partial charge in [-0.25, -0.2) is 0 Å². The molecule has 1 heterocycles. The van der Waals surface area contributed by atoms with Crippen molar-refractivity contribution in [1.29, 1.82) is 0 Å². The third kappa shape index (κ3) is 5.35. The van der Waals surface area contributed by atoms with Gasteiger partial charge in [-0.05, 0) is 54.3 Å². The molecule has 0 bridgehead atoms. The van der Waals surface area contributed by atoms with E-state index in [1.165, 1.54) is 16.8 Å². The van der Waals surface area contributed by atoms with Gasteiger partial charge in [-0.1, -0.05) is 45.0 Å². The van der Waals surface area contributed by atoms with Gasteiger partial charge in [0.05, 0.1) is 0 Å². The zero-order chi connectivity index (χ0) is 20.1. The maximum atomic E-state index is 12.4. The Morgan fingerprint density at radius 2 is 1.54 bits per heavy atom. The van der Waals surface area contributed by atoms with Crippen LogP contribution >= 0.6 is 0 Å². The average molecular weight is 380 g/mol. The zero-order valence-electron chi connectivity index (χ0n) is 17.7. The molecule has 4 heteroatoms. The fourth-order valence-corrected chi connectivity index (χ4v) is 3.48. The lowest BCUT2D eigenvalue weighted by Gasteiger charge is -2.34. The molecule has 150 valence electrons. The monoisotopic (exact) mass is 379 g/mol. The molecule has 1 fully saturated rings. The maximum absolute atomic E-state index is 12.4. The van der Waals surface area contributed by atoms with Crippen LogP contribution in [0.4, 0.5) is 5.69 Å². The number of benzene rings is 2. The predicted octanol–water partition coefficient (Wildman–Crippen LogP) is 3.71. The Balaban J connectivity index is 1.47. The van der Waals surface area contributed by atoms with Crippen LogP contribution in [0.3, 0.4) is 0 Å². The number of likely N-dealkylation sites (N-methyl/N-ethyl adjacent to an activating group) is 1.